The summed E-state index contributed by atoms with van der Waals surface area (Å²) in [6.45, 7) is 3.21. The van der Waals surface area contributed by atoms with Crippen LogP contribution in [-0.4, -0.2) is 68.1 Å². The van der Waals surface area contributed by atoms with Crippen molar-refractivity contribution < 1.29 is 18.3 Å². The first-order valence-electron chi connectivity index (χ1n) is 8.89. The zero-order valence-electron chi connectivity index (χ0n) is 14.3. The molecule has 2 saturated heterocycles. The highest BCUT2D eigenvalue weighted by Gasteiger charge is 2.26. The zero-order valence-corrected chi connectivity index (χ0v) is 14.3. The second-order valence-electron chi connectivity index (χ2n) is 6.66. The number of alkyl halides is 2. The summed E-state index contributed by atoms with van der Waals surface area (Å²) in [5, 5.41) is 3.37. The second-order valence-corrected chi connectivity index (χ2v) is 6.66. The number of rotatable bonds is 5. The highest BCUT2D eigenvalue weighted by Crippen LogP contribution is 2.23. The van der Waals surface area contributed by atoms with Gasteiger partial charge in [0.2, 0.25) is 0 Å². The number of carbonyl (C=O) groups excluding carboxylic acids is 1. The maximum atomic E-state index is 12.7. The van der Waals surface area contributed by atoms with Crippen molar-refractivity contribution in [3.8, 4) is 5.75 Å². The van der Waals surface area contributed by atoms with Crippen molar-refractivity contribution in [2.24, 2.45) is 5.92 Å². The number of carbonyl (C=O) groups is 1. The van der Waals surface area contributed by atoms with E-state index in [4.69, 9.17) is 0 Å². The summed E-state index contributed by atoms with van der Waals surface area (Å²) in [4.78, 5) is 16.8. The quantitative estimate of drug-likeness (QED) is 0.880. The molecule has 0 bridgehead atoms. The highest BCUT2D eigenvalue weighted by atomic mass is 19.3. The van der Waals surface area contributed by atoms with Crippen LogP contribution >= 0.6 is 0 Å². The number of hydrogen-bond donors (Lipinski definition) is 1. The van der Waals surface area contributed by atoms with E-state index in [0.717, 1.165) is 38.6 Å². The molecule has 0 saturated carbocycles. The molecule has 2 aliphatic rings. The fourth-order valence-corrected chi connectivity index (χ4v) is 3.58. The summed E-state index contributed by atoms with van der Waals surface area (Å²) in [6.07, 6.45) is 2.41. The first-order chi connectivity index (χ1) is 12.1. The van der Waals surface area contributed by atoms with Crippen LogP contribution in [0, 0.1) is 5.92 Å². The average Bonchev–Trinajstić information content (AvgIpc) is 2.63. The second kappa shape index (κ2) is 8.58. The predicted molar refractivity (Wildman–Crippen MR) is 91.0 cm³/mol. The van der Waals surface area contributed by atoms with E-state index in [1.165, 1.54) is 18.9 Å². The van der Waals surface area contributed by atoms with Crippen LogP contribution in [0.2, 0.25) is 0 Å². The molecule has 138 valence electrons. The molecule has 1 N–H and O–H groups in total. The van der Waals surface area contributed by atoms with E-state index >= 15 is 0 Å². The number of ether oxygens (including phenoxy) is 1. The number of nitrogens with one attached hydrogen (secondary N) is 1. The summed E-state index contributed by atoms with van der Waals surface area (Å²) in [7, 11) is 0. The van der Waals surface area contributed by atoms with Gasteiger partial charge in [0.25, 0.3) is 5.91 Å². The number of benzene rings is 1. The van der Waals surface area contributed by atoms with Gasteiger partial charge in [0, 0.05) is 32.7 Å². The van der Waals surface area contributed by atoms with Crippen LogP contribution in [0.25, 0.3) is 0 Å². The van der Waals surface area contributed by atoms with Crippen LogP contribution in [0.3, 0.4) is 0 Å². The van der Waals surface area contributed by atoms with Crippen molar-refractivity contribution in [1.29, 1.82) is 0 Å². The van der Waals surface area contributed by atoms with E-state index in [-0.39, 0.29) is 17.2 Å². The van der Waals surface area contributed by atoms with E-state index in [1.54, 1.807) is 23.1 Å². The zero-order chi connectivity index (χ0) is 17.6. The molecule has 2 fully saturated rings. The van der Waals surface area contributed by atoms with Gasteiger partial charge in [-0.15, -0.1) is 0 Å². The molecule has 1 aromatic rings. The molecule has 0 aliphatic carbocycles. The lowest BCUT2D eigenvalue weighted by Crippen LogP contribution is -2.50. The molecular weight excluding hydrogens is 328 g/mol. The van der Waals surface area contributed by atoms with Crippen molar-refractivity contribution in [2.75, 3.05) is 45.8 Å². The number of nitrogens with zero attached hydrogens (tertiary/aromatic N) is 2. The molecule has 5 nitrogen and oxygen atoms in total. The van der Waals surface area contributed by atoms with Gasteiger partial charge in [-0.25, -0.2) is 0 Å². The molecule has 0 unspecified atom stereocenters. The fraction of sp³-hybridized carbons (Fsp3) is 0.611. The SMILES string of the molecule is O=C(c1ccccc1OC(F)F)N1CCN(CC2CCNCC2)CC1. The first kappa shape index (κ1) is 18.1. The maximum Gasteiger partial charge on any atom is 0.387 e. The Hall–Kier alpha value is -1.73. The Morgan fingerprint density at radius 2 is 1.84 bits per heavy atom. The fourth-order valence-electron chi connectivity index (χ4n) is 3.58. The molecular formula is C18H25F2N3O2. The number of piperidine rings is 1. The Bertz CT molecular complexity index is 571. The number of piperazine rings is 1. The Labute approximate surface area is 146 Å². The Morgan fingerprint density at radius 3 is 2.52 bits per heavy atom. The predicted octanol–water partition coefficient (Wildman–Crippen LogP) is 2.05. The van der Waals surface area contributed by atoms with E-state index in [9.17, 15) is 13.6 Å². The highest BCUT2D eigenvalue weighted by molar-refractivity contribution is 5.97. The number of amides is 1. The molecule has 1 aromatic carbocycles. The maximum absolute atomic E-state index is 12.7. The smallest absolute Gasteiger partial charge is 0.387 e. The van der Waals surface area contributed by atoms with E-state index in [1.807, 2.05) is 0 Å². The third-order valence-electron chi connectivity index (χ3n) is 4.97. The van der Waals surface area contributed by atoms with E-state index < -0.39 is 6.61 Å². The van der Waals surface area contributed by atoms with Crippen molar-refractivity contribution in [2.45, 2.75) is 19.5 Å². The van der Waals surface area contributed by atoms with Crippen molar-refractivity contribution in [3.05, 3.63) is 29.8 Å². The van der Waals surface area contributed by atoms with Crippen LogP contribution in [0.1, 0.15) is 23.2 Å². The molecule has 0 spiro atoms. The molecule has 2 heterocycles. The Morgan fingerprint density at radius 1 is 1.16 bits per heavy atom. The number of para-hydroxylation sites is 1. The summed E-state index contributed by atoms with van der Waals surface area (Å²) in [5.41, 5.74) is 0.203. The van der Waals surface area contributed by atoms with Crippen LogP contribution in [0.5, 0.6) is 5.75 Å². The molecule has 1 amide bonds. The average molecular weight is 353 g/mol. The molecule has 7 heteroatoms. The van der Waals surface area contributed by atoms with Crippen LogP contribution in [0.15, 0.2) is 24.3 Å². The first-order valence-corrected chi connectivity index (χ1v) is 8.89. The molecule has 3 rings (SSSR count). The van der Waals surface area contributed by atoms with Crippen LogP contribution < -0.4 is 10.1 Å². The van der Waals surface area contributed by atoms with Gasteiger partial charge in [-0.2, -0.15) is 8.78 Å². The summed E-state index contributed by atoms with van der Waals surface area (Å²) >= 11 is 0. The molecule has 0 atom stereocenters. The normalized spacial score (nSPS) is 20.0. The van der Waals surface area contributed by atoms with Gasteiger partial charge in [-0.3, -0.25) is 9.69 Å². The standard InChI is InChI=1S/C18H25F2N3O2/c19-18(20)25-16-4-2-1-3-15(16)17(24)23-11-9-22(10-12-23)13-14-5-7-21-8-6-14/h1-4,14,18,21H,5-13H2. The summed E-state index contributed by atoms with van der Waals surface area (Å²) < 4.78 is 29.5. The van der Waals surface area contributed by atoms with Crippen molar-refractivity contribution in [1.82, 2.24) is 15.1 Å². The monoisotopic (exact) mass is 353 g/mol. The summed E-state index contributed by atoms with van der Waals surface area (Å²) in [6, 6.07) is 6.21. The third kappa shape index (κ3) is 4.89. The molecule has 0 aromatic heterocycles. The third-order valence-corrected chi connectivity index (χ3v) is 4.97. The number of hydrogen-bond acceptors (Lipinski definition) is 4. The van der Waals surface area contributed by atoms with Gasteiger partial charge < -0.3 is 15.0 Å². The topological polar surface area (TPSA) is 44.8 Å². The van der Waals surface area contributed by atoms with Crippen molar-refractivity contribution in [3.63, 3.8) is 0 Å². The minimum atomic E-state index is -2.93. The van der Waals surface area contributed by atoms with Gasteiger partial charge in [-0.05, 0) is 44.0 Å². The van der Waals surface area contributed by atoms with Gasteiger partial charge in [0.05, 0.1) is 5.56 Å². The van der Waals surface area contributed by atoms with Crippen LogP contribution in [0.4, 0.5) is 8.78 Å². The van der Waals surface area contributed by atoms with Gasteiger partial charge in [0.15, 0.2) is 0 Å². The van der Waals surface area contributed by atoms with E-state index in [2.05, 4.69) is 15.0 Å². The van der Waals surface area contributed by atoms with Gasteiger partial charge in [0.1, 0.15) is 5.75 Å². The Balaban J connectivity index is 1.55. The molecule has 2 aliphatic heterocycles. The Kier molecular flexibility index (Phi) is 6.20. The minimum absolute atomic E-state index is 0.0559. The number of halogens is 2. The van der Waals surface area contributed by atoms with Gasteiger partial charge >= 0.3 is 6.61 Å². The lowest BCUT2D eigenvalue weighted by molar-refractivity contribution is -0.0503. The summed E-state index contributed by atoms with van der Waals surface area (Å²) in [5.74, 6) is 0.432. The van der Waals surface area contributed by atoms with E-state index in [0.29, 0.717) is 13.1 Å². The lowest BCUT2D eigenvalue weighted by atomic mass is 9.97. The largest absolute Gasteiger partial charge is 0.434 e. The lowest BCUT2D eigenvalue weighted by Gasteiger charge is -2.37. The molecule has 25 heavy (non-hydrogen) atoms. The minimum Gasteiger partial charge on any atom is -0.434 e. The van der Waals surface area contributed by atoms with Crippen molar-refractivity contribution >= 4 is 5.91 Å². The van der Waals surface area contributed by atoms with Crippen LogP contribution in [-0.2, 0) is 0 Å². The van der Waals surface area contributed by atoms with Gasteiger partial charge in [-0.1, -0.05) is 12.1 Å². The molecule has 0 radical (unpaired) electrons.